The summed E-state index contributed by atoms with van der Waals surface area (Å²) in [6.07, 6.45) is 2.64. The molecule has 1 aliphatic rings. The highest BCUT2D eigenvalue weighted by molar-refractivity contribution is 5.42. The number of hydrogen-bond acceptors (Lipinski definition) is 3. The zero-order valence-corrected chi connectivity index (χ0v) is 7.88. The fourth-order valence-corrected chi connectivity index (χ4v) is 1.24. The highest BCUT2D eigenvalue weighted by atomic mass is 15.0. The second-order valence-corrected chi connectivity index (χ2v) is 4.11. The molecule has 2 rings (SSSR count). The fraction of sp³-hybridized carbons (Fsp3) is 0.500. The molecule has 1 aromatic rings. The molecule has 0 aliphatic heterocycles. The van der Waals surface area contributed by atoms with Crippen molar-refractivity contribution in [2.45, 2.75) is 19.8 Å². The molecule has 0 unspecified atom stereocenters. The van der Waals surface area contributed by atoms with E-state index in [-0.39, 0.29) is 0 Å². The number of hydrogen-bond donors (Lipinski definition) is 2. The minimum absolute atomic E-state index is 0.506. The SMILES string of the molecule is CC1(CNc2cccc(N)n2)CC1. The molecule has 70 valence electrons. The number of rotatable bonds is 3. The molecule has 0 saturated heterocycles. The molecule has 0 amide bonds. The van der Waals surface area contributed by atoms with E-state index >= 15 is 0 Å². The Balaban J connectivity index is 1.94. The van der Waals surface area contributed by atoms with Gasteiger partial charge < -0.3 is 11.1 Å². The van der Waals surface area contributed by atoms with Gasteiger partial charge in [-0.3, -0.25) is 0 Å². The fourth-order valence-electron chi connectivity index (χ4n) is 1.24. The van der Waals surface area contributed by atoms with Crippen LogP contribution in [0.4, 0.5) is 11.6 Å². The maximum absolute atomic E-state index is 5.56. The van der Waals surface area contributed by atoms with Crippen LogP contribution in [0, 0.1) is 5.41 Å². The molecule has 1 fully saturated rings. The predicted octanol–water partition coefficient (Wildman–Crippen LogP) is 1.88. The third-order valence-electron chi connectivity index (χ3n) is 2.57. The van der Waals surface area contributed by atoms with Gasteiger partial charge >= 0.3 is 0 Å². The van der Waals surface area contributed by atoms with E-state index in [1.165, 1.54) is 12.8 Å². The molecule has 3 N–H and O–H groups in total. The topological polar surface area (TPSA) is 50.9 Å². The maximum atomic E-state index is 5.56. The number of anilines is 2. The van der Waals surface area contributed by atoms with Gasteiger partial charge in [0.25, 0.3) is 0 Å². The summed E-state index contributed by atoms with van der Waals surface area (Å²) in [7, 11) is 0. The van der Waals surface area contributed by atoms with Gasteiger partial charge in [-0.05, 0) is 30.4 Å². The van der Waals surface area contributed by atoms with E-state index in [2.05, 4.69) is 17.2 Å². The van der Waals surface area contributed by atoms with Crippen LogP contribution in [0.15, 0.2) is 18.2 Å². The zero-order chi connectivity index (χ0) is 9.31. The van der Waals surface area contributed by atoms with Crippen molar-refractivity contribution < 1.29 is 0 Å². The molecule has 13 heavy (non-hydrogen) atoms. The Labute approximate surface area is 78.4 Å². The number of nitrogen functional groups attached to an aromatic ring is 1. The molecule has 0 aromatic carbocycles. The van der Waals surface area contributed by atoms with E-state index in [9.17, 15) is 0 Å². The number of nitrogens with two attached hydrogens (primary N) is 1. The summed E-state index contributed by atoms with van der Waals surface area (Å²) < 4.78 is 0. The molecule has 3 heteroatoms. The van der Waals surface area contributed by atoms with Crippen LogP contribution in [0.1, 0.15) is 19.8 Å². The van der Waals surface area contributed by atoms with Crippen molar-refractivity contribution in [2.75, 3.05) is 17.6 Å². The van der Waals surface area contributed by atoms with Gasteiger partial charge in [0.1, 0.15) is 11.6 Å². The third-order valence-corrected chi connectivity index (χ3v) is 2.57. The minimum Gasteiger partial charge on any atom is -0.384 e. The first-order valence-electron chi connectivity index (χ1n) is 4.64. The summed E-state index contributed by atoms with van der Waals surface area (Å²) in [6.45, 7) is 3.29. The standard InChI is InChI=1S/C10H15N3/c1-10(5-6-10)7-12-9-4-2-3-8(11)13-9/h2-4H,5-7H2,1H3,(H3,11,12,13). The molecule has 1 aromatic heterocycles. The van der Waals surface area contributed by atoms with Gasteiger partial charge in [-0.15, -0.1) is 0 Å². The van der Waals surface area contributed by atoms with Crippen molar-refractivity contribution >= 4 is 11.6 Å². The Kier molecular flexibility index (Phi) is 1.87. The van der Waals surface area contributed by atoms with Gasteiger partial charge in [0, 0.05) is 6.54 Å². The predicted molar refractivity (Wildman–Crippen MR) is 54.5 cm³/mol. The molecule has 1 heterocycles. The first-order valence-corrected chi connectivity index (χ1v) is 4.64. The molecule has 1 saturated carbocycles. The Hall–Kier alpha value is -1.25. The zero-order valence-electron chi connectivity index (χ0n) is 7.88. The van der Waals surface area contributed by atoms with Crippen molar-refractivity contribution in [1.82, 2.24) is 4.98 Å². The quantitative estimate of drug-likeness (QED) is 0.741. The van der Waals surface area contributed by atoms with Crippen LogP contribution in [0.5, 0.6) is 0 Å². The highest BCUT2D eigenvalue weighted by Crippen LogP contribution is 2.44. The van der Waals surface area contributed by atoms with Gasteiger partial charge in [-0.2, -0.15) is 0 Å². The van der Waals surface area contributed by atoms with E-state index in [1.807, 2.05) is 12.1 Å². The lowest BCUT2D eigenvalue weighted by atomic mass is 10.1. The number of nitrogens with zero attached hydrogens (tertiary/aromatic N) is 1. The Bertz CT molecular complexity index is 305. The normalized spacial score (nSPS) is 18.2. The van der Waals surface area contributed by atoms with Crippen LogP contribution in [0.25, 0.3) is 0 Å². The first-order chi connectivity index (χ1) is 6.18. The lowest BCUT2D eigenvalue weighted by Crippen LogP contribution is -2.12. The van der Waals surface area contributed by atoms with Gasteiger partial charge in [-0.25, -0.2) is 4.98 Å². The lowest BCUT2D eigenvalue weighted by Gasteiger charge is -2.10. The Morgan fingerprint density at radius 1 is 1.54 bits per heavy atom. The molecule has 0 atom stereocenters. The van der Waals surface area contributed by atoms with Crippen LogP contribution >= 0.6 is 0 Å². The average molecular weight is 177 g/mol. The van der Waals surface area contributed by atoms with Crippen LogP contribution in [0.2, 0.25) is 0 Å². The van der Waals surface area contributed by atoms with Crippen molar-refractivity contribution in [1.29, 1.82) is 0 Å². The Morgan fingerprint density at radius 3 is 2.92 bits per heavy atom. The molecular weight excluding hydrogens is 162 g/mol. The first kappa shape index (κ1) is 8.35. The molecule has 0 bridgehead atoms. The summed E-state index contributed by atoms with van der Waals surface area (Å²) in [5.74, 6) is 1.46. The highest BCUT2D eigenvalue weighted by Gasteiger charge is 2.36. The van der Waals surface area contributed by atoms with E-state index in [0.29, 0.717) is 11.2 Å². The minimum atomic E-state index is 0.506. The van der Waals surface area contributed by atoms with Gasteiger partial charge in [0.15, 0.2) is 0 Å². The van der Waals surface area contributed by atoms with Gasteiger partial charge in [-0.1, -0.05) is 13.0 Å². The number of pyridine rings is 1. The smallest absolute Gasteiger partial charge is 0.128 e. The van der Waals surface area contributed by atoms with Gasteiger partial charge in [0.2, 0.25) is 0 Å². The van der Waals surface area contributed by atoms with Crippen molar-refractivity contribution in [3.05, 3.63) is 18.2 Å². The van der Waals surface area contributed by atoms with Crippen molar-refractivity contribution in [3.8, 4) is 0 Å². The molecule has 0 radical (unpaired) electrons. The molecule has 0 spiro atoms. The molecular formula is C10H15N3. The third kappa shape index (κ3) is 2.11. The maximum Gasteiger partial charge on any atom is 0.128 e. The monoisotopic (exact) mass is 177 g/mol. The van der Waals surface area contributed by atoms with E-state index < -0.39 is 0 Å². The van der Waals surface area contributed by atoms with E-state index in [4.69, 9.17) is 5.73 Å². The summed E-state index contributed by atoms with van der Waals surface area (Å²) in [6, 6.07) is 5.66. The molecule has 3 nitrogen and oxygen atoms in total. The summed E-state index contributed by atoms with van der Waals surface area (Å²) in [5.41, 5.74) is 6.07. The van der Waals surface area contributed by atoms with E-state index in [0.717, 1.165) is 12.4 Å². The second-order valence-electron chi connectivity index (χ2n) is 4.11. The summed E-state index contributed by atoms with van der Waals surface area (Å²) in [4.78, 5) is 4.17. The van der Waals surface area contributed by atoms with Crippen LogP contribution in [0.3, 0.4) is 0 Å². The average Bonchev–Trinajstić information content (AvgIpc) is 2.82. The van der Waals surface area contributed by atoms with Crippen molar-refractivity contribution in [2.24, 2.45) is 5.41 Å². The van der Waals surface area contributed by atoms with Crippen LogP contribution in [-0.4, -0.2) is 11.5 Å². The molecule has 1 aliphatic carbocycles. The van der Waals surface area contributed by atoms with Gasteiger partial charge in [0.05, 0.1) is 0 Å². The second kappa shape index (κ2) is 2.91. The van der Waals surface area contributed by atoms with E-state index in [1.54, 1.807) is 6.07 Å². The summed E-state index contributed by atoms with van der Waals surface area (Å²) >= 11 is 0. The van der Waals surface area contributed by atoms with Crippen LogP contribution in [-0.2, 0) is 0 Å². The number of aromatic nitrogens is 1. The van der Waals surface area contributed by atoms with Crippen molar-refractivity contribution in [3.63, 3.8) is 0 Å². The Morgan fingerprint density at radius 2 is 2.31 bits per heavy atom. The number of nitrogens with one attached hydrogen (secondary N) is 1. The largest absolute Gasteiger partial charge is 0.384 e. The lowest BCUT2D eigenvalue weighted by molar-refractivity contribution is 0.609. The van der Waals surface area contributed by atoms with Crippen LogP contribution < -0.4 is 11.1 Å². The summed E-state index contributed by atoms with van der Waals surface area (Å²) in [5, 5.41) is 3.30.